The lowest BCUT2D eigenvalue weighted by molar-refractivity contribution is -0.115. The highest BCUT2D eigenvalue weighted by atomic mass is 16.1. The first-order valence-electron chi connectivity index (χ1n) is 4.87. The van der Waals surface area contributed by atoms with Crippen LogP contribution in [0.3, 0.4) is 0 Å². The van der Waals surface area contributed by atoms with Gasteiger partial charge < -0.3 is 0 Å². The predicted octanol–water partition coefficient (Wildman–Crippen LogP) is 0.777. The van der Waals surface area contributed by atoms with E-state index < -0.39 is 0 Å². The van der Waals surface area contributed by atoms with Crippen LogP contribution in [-0.4, -0.2) is 5.78 Å². The first-order chi connectivity index (χ1) is 6.86. The molecule has 3 rings (SSSR count). The standard InChI is InChI=1S/C13H10O/c14-13-8-9-4-1-2-5-10(9)11-6-3-7-12(11)13/h1-6,8,12H,7H2. The fraction of sp³-hybridized carbons (Fsp3) is 0.154. The molecular formula is C13H10O. The third kappa shape index (κ3) is 0.925. The van der Waals surface area contributed by atoms with Crippen molar-refractivity contribution in [3.8, 4) is 0 Å². The Bertz CT molecular complexity index is 549. The Morgan fingerprint density at radius 2 is 2.07 bits per heavy atom. The Morgan fingerprint density at radius 3 is 3.00 bits per heavy atom. The lowest BCUT2D eigenvalue weighted by Crippen LogP contribution is -2.35. The van der Waals surface area contributed by atoms with Crippen molar-refractivity contribution in [1.29, 1.82) is 0 Å². The zero-order chi connectivity index (χ0) is 9.54. The number of ketones is 1. The van der Waals surface area contributed by atoms with Crippen molar-refractivity contribution in [2.24, 2.45) is 5.92 Å². The van der Waals surface area contributed by atoms with E-state index in [0.29, 0.717) is 0 Å². The van der Waals surface area contributed by atoms with E-state index in [9.17, 15) is 4.79 Å². The van der Waals surface area contributed by atoms with Crippen molar-refractivity contribution in [1.82, 2.24) is 0 Å². The van der Waals surface area contributed by atoms with Gasteiger partial charge in [0.15, 0.2) is 5.78 Å². The molecule has 2 aliphatic rings. The third-order valence-corrected chi connectivity index (χ3v) is 2.96. The molecule has 0 amide bonds. The highest BCUT2D eigenvalue weighted by Gasteiger charge is 2.25. The van der Waals surface area contributed by atoms with E-state index in [0.717, 1.165) is 11.6 Å². The van der Waals surface area contributed by atoms with Gasteiger partial charge in [0, 0.05) is 0 Å². The van der Waals surface area contributed by atoms with Crippen molar-refractivity contribution in [3.05, 3.63) is 46.9 Å². The smallest absolute Gasteiger partial charge is 0.164 e. The van der Waals surface area contributed by atoms with Gasteiger partial charge in [-0.2, -0.15) is 0 Å². The number of carbonyl (C=O) groups is 1. The van der Waals surface area contributed by atoms with Crippen LogP contribution >= 0.6 is 0 Å². The van der Waals surface area contributed by atoms with Crippen LogP contribution in [-0.2, 0) is 4.79 Å². The molecule has 0 bridgehead atoms. The summed E-state index contributed by atoms with van der Waals surface area (Å²) in [5.41, 5.74) is 1.20. The Hall–Kier alpha value is -1.63. The summed E-state index contributed by atoms with van der Waals surface area (Å²) in [6.07, 6.45) is 6.83. The highest BCUT2D eigenvalue weighted by Crippen LogP contribution is 2.26. The number of carbonyl (C=O) groups excluding carboxylic acids is 1. The van der Waals surface area contributed by atoms with Gasteiger partial charge in [0.05, 0.1) is 5.92 Å². The first-order valence-corrected chi connectivity index (χ1v) is 4.87. The molecule has 1 aromatic carbocycles. The molecule has 0 saturated carbocycles. The van der Waals surface area contributed by atoms with Crippen LogP contribution < -0.4 is 10.4 Å². The van der Waals surface area contributed by atoms with Gasteiger partial charge in [0.1, 0.15) is 0 Å². The van der Waals surface area contributed by atoms with Gasteiger partial charge in [-0.05, 0) is 28.5 Å². The fourth-order valence-electron chi connectivity index (χ4n) is 2.26. The number of rotatable bonds is 0. The van der Waals surface area contributed by atoms with Gasteiger partial charge >= 0.3 is 0 Å². The summed E-state index contributed by atoms with van der Waals surface area (Å²) in [5, 5.41) is 2.29. The summed E-state index contributed by atoms with van der Waals surface area (Å²) in [4.78, 5) is 11.7. The molecule has 0 N–H and O–H groups in total. The minimum Gasteiger partial charge on any atom is -0.294 e. The Kier molecular flexibility index (Phi) is 1.48. The van der Waals surface area contributed by atoms with E-state index in [-0.39, 0.29) is 11.7 Å². The minimum atomic E-state index is 0.102. The molecule has 0 spiro atoms. The molecular weight excluding hydrogens is 172 g/mol. The van der Waals surface area contributed by atoms with E-state index in [1.807, 2.05) is 18.2 Å². The van der Waals surface area contributed by atoms with Gasteiger partial charge in [-0.15, -0.1) is 0 Å². The van der Waals surface area contributed by atoms with Gasteiger partial charge in [-0.1, -0.05) is 36.4 Å². The van der Waals surface area contributed by atoms with Crippen molar-refractivity contribution in [2.45, 2.75) is 6.42 Å². The van der Waals surface area contributed by atoms with Crippen molar-refractivity contribution in [2.75, 3.05) is 0 Å². The van der Waals surface area contributed by atoms with E-state index >= 15 is 0 Å². The molecule has 1 heteroatoms. The van der Waals surface area contributed by atoms with E-state index in [1.54, 1.807) is 6.08 Å². The second kappa shape index (κ2) is 2.68. The molecule has 2 aliphatic carbocycles. The first kappa shape index (κ1) is 7.74. The number of allylic oxidation sites excluding steroid dienone is 2. The zero-order valence-electron chi connectivity index (χ0n) is 7.73. The van der Waals surface area contributed by atoms with E-state index in [4.69, 9.17) is 0 Å². The van der Waals surface area contributed by atoms with Crippen LogP contribution in [0.5, 0.6) is 0 Å². The van der Waals surface area contributed by atoms with Crippen LogP contribution in [0, 0.1) is 5.92 Å². The maximum atomic E-state index is 11.7. The maximum Gasteiger partial charge on any atom is 0.164 e. The molecule has 1 nitrogen and oxygen atoms in total. The molecule has 1 atom stereocenters. The summed E-state index contributed by atoms with van der Waals surface area (Å²) in [5.74, 6) is 0.355. The molecule has 1 unspecified atom stereocenters. The monoisotopic (exact) mass is 182 g/mol. The zero-order valence-corrected chi connectivity index (χ0v) is 7.73. The molecule has 68 valence electrons. The lowest BCUT2D eigenvalue weighted by atomic mass is 9.90. The maximum absolute atomic E-state index is 11.7. The number of hydrogen-bond acceptors (Lipinski definition) is 1. The molecule has 14 heavy (non-hydrogen) atoms. The average molecular weight is 182 g/mol. The molecule has 0 fully saturated rings. The van der Waals surface area contributed by atoms with Crippen LogP contribution in [0.15, 0.2) is 36.4 Å². The van der Waals surface area contributed by atoms with Gasteiger partial charge in [0.25, 0.3) is 0 Å². The number of fused-ring (bicyclic) bond motifs is 2. The number of benzene rings is 1. The molecule has 0 aliphatic heterocycles. The fourth-order valence-corrected chi connectivity index (χ4v) is 2.26. The summed E-state index contributed by atoms with van der Waals surface area (Å²) in [6, 6.07) is 8.10. The molecule has 0 heterocycles. The number of hydrogen-bond donors (Lipinski definition) is 0. The third-order valence-electron chi connectivity index (χ3n) is 2.96. The van der Waals surface area contributed by atoms with Crippen LogP contribution in [0.25, 0.3) is 11.6 Å². The van der Waals surface area contributed by atoms with E-state index in [1.165, 1.54) is 10.8 Å². The van der Waals surface area contributed by atoms with Gasteiger partial charge in [-0.25, -0.2) is 0 Å². The Morgan fingerprint density at radius 1 is 1.21 bits per heavy atom. The summed E-state index contributed by atoms with van der Waals surface area (Å²) < 4.78 is 0. The van der Waals surface area contributed by atoms with Crippen LogP contribution in [0.2, 0.25) is 0 Å². The SMILES string of the molecule is O=C1C=c2ccccc2=C2C=CCC12. The topological polar surface area (TPSA) is 17.1 Å². The van der Waals surface area contributed by atoms with E-state index in [2.05, 4.69) is 18.2 Å². The molecule has 0 aromatic heterocycles. The Labute approximate surface area is 82.1 Å². The van der Waals surface area contributed by atoms with Crippen molar-refractivity contribution < 1.29 is 4.79 Å². The largest absolute Gasteiger partial charge is 0.294 e. The quantitative estimate of drug-likeness (QED) is 0.579. The van der Waals surface area contributed by atoms with Crippen molar-refractivity contribution in [3.63, 3.8) is 0 Å². The molecule has 0 saturated heterocycles. The Balaban J connectivity index is 2.48. The van der Waals surface area contributed by atoms with Gasteiger partial charge in [-0.3, -0.25) is 4.79 Å². The second-order valence-corrected chi connectivity index (χ2v) is 3.78. The van der Waals surface area contributed by atoms with Gasteiger partial charge in [0.2, 0.25) is 0 Å². The second-order valence-electron chi connectivity index (χ2n) is 3.78. The average Bonchev–Trinajstić information content (AvgIpc) is 2.67. The lowest BCUT2D eigenvalue weighted by Gasteiger charge is -2.12. The summed E-state index contributed by atoms with van der Waals surface area (Å²) in [7, 11) is 0. The molecule has 0 radical (unpaired) electrons. The molecule has 1 aromatic rings. The van der Waals surface area contributed by atoms with Crippen molar-refractivity contribution >= 4 is 17.4 Å². The highest BCUT2D eigenvalue weighted by molar-refractivity contribution is 6.14. The normalized spacial score (nSPS) is 23.0. The number of Topliss-reactive ketones (excluding diaryl/α,β-unsaturated/α-hetero) is 1. The van der Waals surface area contributed by atoms with Crippen LogP contribution in [0.4, 0.5) is 0 Å². The minimum absolute atomic E-state index is 0.102. The van der Waals surface area contributed by atoms with Crippen LogP contribution in [0.1, 0.15) is 6.42 Å². The predicted molar refractivity (Wildman–Crippen MR) is 55.8 cm³/mol. The summed E-state index contributed by atoms with van der Waals surface area (Å²) >= 11 is 0. The summed E-state index contributed by atoms with van der Waals surface area (Å²) in [6.45, 7) is 0.